The maximum atomic E-state index is 8.36. The van der Waals surface area contributed by atoms with Gasteiger partial charge in [-0.3, -0.25) is 0 Å². The molecular formula is C8H10N3+. The standard InChI is InChI=1S/C8H10N3/c1-2-4-10-6-7-11(8-10)5-3-9/h2,6-8H,1,4-5H2/q+1. The Hall–Kier alpha value is -1.56. The quantitative estimate of drug-likeness (QED) is 0.453. The molecule has 0 aliphatic carbocycles. The third-order valence-corrected chi connectivity index (χ3v) is 1.34. The first kappa shape index (κ1) is 7.55. The summed E-state index contributed by atoms with van der Waals surface area (Å²) in [4.78, 5) is 0. The number of allylic oxidation sites excluding steroid dienone is 1. The van der Waals surface area contributed by atoms with Gasteiger partial charge in [-0.15, -0.1) is 0 Å². The second-order valence-corrected chi connectivity index (χ2v) is 2.23. The highest BCUT2D eigenvalue weighted by Gasteiger charge is 1.98. The Morgan fingerprint density at radius 1 is 1.73 bits per heavy atom. The van der Waals surface area contributed by atoms with Crippen molar-refractivity contribution < 1.29 is 4.57 Å². The second-order valence-electron chi connectivity index (χ2n) is 2.23. The van der Waals surface area contributed by atoms with Gasteiger partial charge in [0.2, 0.25) is 6.33 Å². The molecule has 1 aromatic rings. The Morgan fingerprint density at radius 2 is 2.55 bits per heavy atom. The summed E-state index contributed by atoms with van der Waals surface area (Å²) >= 11 is 0. The van der Waals surface area contributed by atoms with E-state index in [0.717, 1.165) is 6.54 Å². The minimum Gasteiger partial charge on any atom is -0.233 e. The van der Waals surface area contributed by atoms with Crippen LogP contribution in [0.5, 0.6) is 0 Å². The molecule has 0 saturated carbocycles. The first-order valence-electron chi connectivity index (χ1n) is 3.39. The van der Waals surface area contributed by atoms with Crippen LogP contribution in [-0.2, 0) is 13.1 Å². The highest BCUT2D eigenvalue weighted by atomic mass is 15.1. The van der Waals surface area contributed by atoms with Crippen molar-refractivity contribution in [2.24, 2.45) is 0 Å². The highest BCUT2D eigenvalue weighted by molar-refractivity contribution is 4.74. The van der Waals surface area contributed by atoms with Crippen molar-refractivity contribution >= 4 is 0 Å². The average Bonchev–Trinajstić information content (AvgIpc) is 2.38. The summed E-state index contributed by atoms with van der Waals surface area (Å²) in [5.41, 5.74) is 0. The molecule has 0 aliphatic heterocycles. The third-order valence-electron chi connectivity index (χ3n) is 1.34. The largest absolute Gasteiger partial charge is 0.244 e. The summed E-state index contributed by atoms with van der Waals surface area (Å²) < 4.78 is 3.79. The molecule has 3 nitrogen and oxygen atoms in total. The minimum absolute atomic E-state index is 0.407. The lowest BCUT2D eigenvalue weighted by molar-refractivity contribution is -0.684. The molecule has 0 unspecified atom stereocenters. The zero-order valence-electron chi connectivity index (χ0n) is 6.27. The van der Waals surface area contributed by atoms with Crippen molar-refractivity contribution in [3.8, 4) is 6.07 Å². The molecule has 0 bridgehead atoms. The fourth-order valence-electron chi connectivity index (χ4n) is 0.871. The zero-order valence-corrected chi connectivity index (χ0v) is 6.27. The van der Waals surface area contributed by atoms with Crippen LogP contribution in [0.1, 0.15) is 0 Å². The van der Waals surface area contributed by atoms with Crippen molar-refractivity contribution in [2.45, 2.75) is 13.1 Å². The Morgan fingerprint density at radius 3 is 3.18 bits per heavy atom. The van der Waals surface area contributed by atoms with Gasteiger partial charge < -0.3 is 0 Å². The van der Waals surface area contributed by atoms with Crippen LogP contribution in [0.3, 0.4) is 0 Å². The first-order valence-corrected chi connectivity index (χ1v) is 3.39. The summed E-state index contributed by atoms with van der Waals surface area (Å²) in [6, 6.07) is 2.06. The summed E-state index contributed by atoms with van der Waals surface area (Å²) in [7, 11) is 0. The van der Waals surface area contributed by atoms with E-state index in [1.54, 1.807) is 0 Å². The molecule has 0 amide bonds. The van der Waals surface area contributed by atoms with Gasteiger partial charge in [-0.05, 0) is 0 Å². The highest BCUT2D eigenvalue weighted by Crippen LogP contribution is 1.83. The van der Waals surface area contributed by atoms with Gasteiger partial charge in [0, 0.05) is 0 Å². The summed E-state index contributed by atoms with van der Waals surface area (Å²) in [5.74, 6) is 0. The van der Waals surface area contributed by atoms with Gasteiger partial charge in [0.1, 0.15) is 25.0 Å². The van der Waals surface area contributed by atoms with Crippen molar-refractivity contribution in [2.75, 3.05) is 0 Å². The molecule has 1 rings (SSSR count). The smallest absolute Gasteiger partial charge is 0.233 e. The molecule has 0 fully saturated rings. The predicted octanol–water partition coefficient (Wildman–Crippen LogP) is 0.485. The lowest BCUT2D eigenvalue weighted by atomic mass is 10.6. The molecule has 0 aromatic carbocycles. The van der Waals surface area contributed by atoms with Crippen LogP contribution >= 0.6 is 0 Å². The molecule has 0 saturated heterocycles. The topological polar surface area (TPSA) is 32.6 Å². The first-order chi connectivity index (χ1) is 5.36. The number of nitriles is 1. The number of aromatic nitrogens is 2. The van der Waals surface area contributed by atoms with Crippen molar-refractivity contribution in [1.82, 2.24) is 4.57 Å². The third kappa shape index (κ3) is 1.94. The summed E-state index contributed by atoms with van der Waals surface area (Å²) in [5, 5.41) is 8.36. The Balaban J connectivity index is 2.67. The van der Waals surface area contributed by atoms with Gasteiger partial charge in [-0.2, -0.15) is 5.26 Å². The second kappa shape index (κ2) is 3.57. The summed E-state index contributed by atoms with van der Waals surface area (Å²) in [6.45, 7) is 4.81. The SMILES string of the molecule is C=CCn1cc[n+](CC#N)c1. The van der Waals surface area contributed by atoms with E-state index in [2.05, 4.69) is 12.6 Å². The molecule has 0 radical (unpaired) electrons. The summed E-state index contributed by atoms with van der Waals surface area (Å²) in [6.07, 6.45) is 7.48. The molecule has 0 N–H and O–H groups in total. The van der Waals surface area contributed by atoms with Crippen LogP contribution in [0.4, 0.5) is 0 Å². The number of rotatable bonds is 3. The van der Waals surface area contributed by atoms with E-state index >= 15 is 0 Å². The molecule has 11 heavy (non-hydrogen) atoms. The monoisotopic (exact) mass is 148 g/mol. The molecule has 0 aliphatic rings. The lowest BCUT2D eigenvalue weighted by Gasteiger charge is -1.84. The normalized spacial score (nSPS) is 9.00. The van der Waals surface area contributed by atoms with Crippen LogP contribution < -0.4 is 4.57 Å². The van der Waals surface area contributed by atoms with Gasteiger partial charge in [-0.1, -0.05) is 12.7 Å². The van der Waals surface area contributed by atoms with E-state index < -0.39 is 0 Å². The van der Waals surface area contributed by atoms with Crippen molar-refractivity contribution in [1.29, 1.82) is 5.26 Å². The van der Waals surface area contributed by atoms with Crippen molar-refractivity contribution in [3.05, 3.63) is 31.4 Å². The maximum absolute atomic E-state index is 8.36. The van der Waals surface area contributed by atoms with Gasteiger partial charge >= 0.3 is 0 Å². The number of hydrogen-bond donors (Lipinski definition) is 0. The van der Waals surface area contributed by atoms with Gasteiger partial charge in [0.25, 0.3) is 0 Å². The molecular weight excluding hydrogens is 138 g/mol. The average molecular weight is 148 g/mol. The Kier molecular flexibility index (Phi) is 2.45. The number of nitrogens with zero attached hydrogens (tertiary/aromatic N) is 3. The van der Waals surface area contributed by atoms with Crippen molar-refractivity contribution in [3.63, 3.8) is 0 Å². The van der Waals surface area contributed by atoms with E-state index in [-0.39, 0.29) is 0 Å². The molecule has 1 aromatic heterocycles. The van der Waals surface area contributed by atoms with E-state index in [4.69, 9.17) is 5.26 Å². The zero-order chi connectivity index (χ0) is 8.10. The minimum atomic E-state index is 0.407. The van der Waals surface area contributed by atoms with E-state index in [1.807, 2.05) is 33.9 Å². The Labute approximate surface area is 65.8 Å². The van der Waals surface area contributed by atoms with Crippen LogP contribution in [-0.4, -0.2) is 4.57 Å². The maximum Gasteiger partial charge on any atom is 0.244 e. The Bertz CT molecular complexity index is 280. The van der Waals surface area contributed by atoms with Gasteiger partial charge in [0.15, 0.2) is 6.54 Å². The van der Waals surface area contributed by atoms with Gasteiger partial charge in [0.05, 0.1) is 0 Å². The fourth-order valence-corrected chi connectivity index (χ4v) is 0.871. The van der Waals surface area contributed by atoms with Crippen LogP contribution in [0, 0.1) is 11.3 Å². The van der Waals surface area contributed by atoms with E-state index in [1.165, 1.54) is 0 Å². The van der Waals surface area contributed by atoms with E-state index in [0.29, 0.717) is 6.54 Å². The molecule has 0 atom stereocenters. The molecule has 56 valence electrons. The molecule has 0 spiro atoms. The molecule has 1 heterocycles. The number of imidazole rings is 1. The van der Waals surface area contributed by atoms with Crippen LogP contribution in [0.2, 0.25) is 0 Å². The molecule has 3 heteroatoms. The van der Waals surface area contributed by atoms with Crippen LogP contribution in [0.25, 0.3) is 0 Å². The van der Waals surface area contributed by atoms with Gasteiger partial charge in [-0.25, -0.2) is 9.13 Å². The number of hydrogen-bond acceptors (Lipinski definition) is 1. The van der Waals surface area contributed by atoms with Crippen LogP contribution in [0.15, 0.2) is 31.4 Å². The predicted molar refractivity (Wildman–Crippen MR) is 40.4 cm³/mol. The fraction of sp³-hybridized carbons (Fsp3) is 0.250. The lowest BCUT2D eigenvalue weighted by Crippen LogP contribution is -2.29. The van der Waals surface area contributed by atoms with E-state index in [9.17, 15) is 0 Å².